The number of carbonyl (C=O) groups excluding carboxylic acids is 2. The summed E-state index contributed by atoms with van der Waals surface area (Å²) < 4.78 is 10.7. The number of fused-ring (bicyclic) bond motifs is 1. The number of carboxylic acid groups (broad SMARTS) is 1. The lowest BCUT2D eigenvalue weighted by Gasteiger charge is -2.33. The summed E-state index contributed by atoms with van der Waals surface area (Å²) in [5.74, 6) is -0.642. The Kier molecular flexibility index (Phi) is 6.06. The highest BCUT2D eigenvalue weighted by Gasteiger charge is 2.47. The molecule has 2 amide bonds. The van der Waals surface area contributed by atoms with E-state index in [1.54, 1.807) is 17.0 Å². The Bertz CT molecular complexity index is 765. The van der Waals surface area contributed by atoms with Crippen molar-refractivity contribution in [2.45, 2.75) is 44.2 Å². The summed E-state index contributed by atoms with van der Waals surface area (Å²) >= 11 is 0. The molecule has 1 aliphatic carbocycles. The molecule has 3 unspecified atom stereocenters. The molecule has 0 radical (unpaired) electrons. The number of hydrogen-bond acceptors (Lipinski definition) is 5. The first-order valence-corrected chi connectivity index (χ1v) is 9.53. The third-order valence-electron chi connectivity index (χ3n) is 5.66. The minimum absolute atomic E-state index is 0.0301. The van der Waals surface area contributed by atoms with Crippen molar-refractivity contribution in [1.29, 1.82) is 0 Å². The molecule has 2 aliphatic rings. The first-order valence-electron chi connectivity index (χ1n) is 9.53. The Balaban J connectivity index is 1.84. The van der Waals surface area contributed by atoms with E-state index in [1.165, 1.54) is 20.2 Å². The predicted octanol–water partition coefficient (Wildman–Crippen LogP) is 1.68. The van der Waals surface area contributed by atoms with Crippen LogP contribution in [0.2, 0.25) is 0 Å². The molecule has 152 valence electrons. The number of carboxylic acids is 1. The van der Waals surface area contributed by atoms with E-state index in [-0.39, 0.29) is 30.4 Å². The third kappa shape index (κ3) is 3.90. The van der Waals surface area contributed by atoms with Crippen LogP contribution in [0.3, 0.4) is 0 Å². The van der Waals surface area contributed by atoms with Crippen molar-refractivity contribution < 1.29 is 29.0 Å². The second kappa shape index (κ2) is 8.50. The van der Waals surface area contributed by atoms with Crippen LogP contribution in [0.1, 0.15) is 42.5 Å². The van der Waals surface area contributed by atoms with Crippen molar-refractivity contribution in [3.05, 3.63) is 23.8 Å². The molecule has 0 bridgehead atoms. The molecule has 2 N–H and O–H groups in total. The predicted molar refractivity (Wildman–Crippen MR) is 101 cm³/mol. The summed E-state index contributed by atoms with van der Waals surface area (Å²) in [6.07, 6.45) is 4.41. The van der Waals surface area contributed by atoms with E-state index in [0.29, 0.717) is 23.5 Å². The number of amides is 2. The van der Waals surface area contributed by atoms with E-state index in [9.17, 15) is 19.5 Å². The van der Waals surface area contributed by atoms with Gasteiger partial charge in [-0.1, -0.05) is 12.8 Å². The lowest BCUT2D eigenvalue weighted by atomic mass is 9.84. The fourth-order valence-electron chi connectivity index (χ4n) is 4.26. The van der Waals surface area contributed by atoms with Gasteiger partial charge in [0.1, 0.15) is 6.04 Å². The van der Waals surface area contributed by atoms with Crippen molar-refractivity contribution in [2.24, 2.45) is 5.92 Å². The number of rotatable bonds is 6. The molecule has 1 heterocycles. The first kappa shape index (κ1) is 20.0. The number of aliphatic carboxylic acids is 1. The molecule has 2 fully saturated rings. The minimum atomic E-state index is -0.958. The molecule has 0 aromatic heterocycles. The van der Waals surface area contributed by atoms with Gasteiger partial charge < -0.3 is 24.8 Å². The van der Waals surface area contributed by atoms with Crippen molar-refractivity contribution >= 4 is 17.8 Å². The van der Waals surface area contributed by atoms with Gasteiger partial charge in [-0.05, 0) is 43.4 Å². The molecule has 1 saturated carbocycles. The number of benzene rings is 1. The summed E-state index contributed by atoms with van der Waals surface area (Å²) in [5.41, 5.74) is 0.349. The van der Waals surface area contributed by atoms with Gasteiger partial charge in [-0.2, -0.15) is 0 Å². The van der Waals surface area contributed by atoms with Crippen LogP contribution in [0, 0.1) is 5.92 Å². The Morgan fingerprint density at radius 3 is 2.64 bits per heavy atom. The molecule has 3 atom stereocenters. The number of likely N-dealkylation sites (N-methyl/N-ethyl adjacent to an activating group) is 1. The van der Waals surface area contributed by atoms with Crippen LogP contribution in [0.15, 0.2) is 18.2 Å². The highest BCUT2D eigenvalue weighted by atomic mass is 16.5. The van der Waals surface area contributed by atoms with Crippen molar-refractivity contribution in [3.63, 3.8) is 0 Å². The van der Waals surface area contributed by atoms with Crippen molar-refractivity contribution in [3.8, 4) is 11.5 Å². The van der Waals surface area contributed by atoms with E-state index in [1.807, 2.05) is 0 Å². The molecule has 8 heteroatoms. The Hall–Kier alpha value is -2.77. The average molecular weight is 390 g/mol. The molecule has 0 spiro atoms. The maximum Gasteiger partial charge on any atom is 0.326 e. The normalized spacial score (nSPS) is 23.6. The zero-order valence-corrected chi connectivity index (χ0v) is 16.1. The van der Waals surface area contributed by atoms with E-state index in [0.717, 1.165) is 25.7 Å². The molecule has 1 aromatic carbocycles. The van der Waals surface area contributed by atoms with Crippen LogP contribution < -0.4 is 14.8 Å². The van der Waals surface area contributed by atoms with Crippen LogP contribution in [0.25, 0.3) is 0 Å². The number of ether oxygens (including phenoxy) is 2. The summed E-state index contributed by atoms with van der Waals surface area (Å²) in [7, 11) is 2.96. The molecule has 1 aromatic rings. The number of methoxy groups -OCH3 is 1. The van der Waals surface area contributed by atoms with E-state index in [4.69, 9.17) is 9.47 Å². The number of hydrogen-bond donors (Lipinski definition) is 2. The maximum atomic E-state index is 13.2. The SMILES string of the molecule is CNC(=O)COc1ccc(C(=O)N2C(C(=O)O)CC3CCCCC32)cc1OC. The highest BCUT2D eigenvalue weighted by Crippen LogP contribution is 2.41. The van der Waals surface area contributed by atoms with Gasteiger partial charge in [-0.3, -0.25) is 9.59 Å². The Labute approximate surface area is 163 Å². The monoisotopic (exact) mass is 390 g/mol. The second-order valence-corrected chi connectivity index (χ2v) is 7.24. The average Bonchev–Trinajstić information content (AvgIpc) is 3.11. The van der Waals surface area contributed by atoms with Gasteiger partial charge in [-0.25, -0.2) is 4.79 Å². The van der Waals surface area contributed by atoms with Gasteiger partial charge in [0.05, 0.1) is 7.11 Å². The van der Waals surface area contributed by atoms with E-state index >= 15 is 0 Å². The number of nitrogens with zero attached hydrogens (tertiary/aromatic N) is 1. The molecule has 8 nitrogen and oxygen atoms in total. The molecular weight excluding hydrogens is 364 g/mol. The first-order chi connectivity index (χ1) is 13.5. The van der Waals surface area contributed by atoms with Gasteiger partial charge in [0, 0.05) is 18.7 Å². The second-order valence-electron chi connectivity index (χ2n) is 7.24. The van der Waals surface area contributed by atoms with Gasteiger partial charge >= 0.3 is 5.97 Å². The Morgan fingerprint density at radius 1 is 1.21 bits per heavy atom. The van der Waals surface area contributed by atoms with Gasteiger partial charge in [0.25, 0.3) is 11.8 Å². The number of nitrogens with one attached hydrogen (secondary N) is 1. The zero-order chi connectivity index (χ0) is 20.3. The van der Waals surface area contributed by atoms with E-state index < -0.39 is 12.0 Å². The fraction of sp³-hybridized carbons (Fsp3) is 0.550. The van der Waals surface area contributed by atoms with Crippen LogP contribution in [0.5, 0.6) is 11.5 Å². The molecule has 28 heavy (non-hydrogen) atoms. The summed E-state index contributed by atoms with van der Waals surface area (Å²) in [6.45, 7) is -0.170. The lowest BCUT2D eigenvalue weighted by molar-refractivity contribution is -0.141. The van der Waals surface area contributed by atoms with Crippen LogP contribution in [-0.2, 0) is 9.59 Å². The van der Waals surface area contributed by atoms with Crippen LogP contribution in [-0.4, -0.2) is 60.6 Å². The van der Waals surface area contributed by atoms with Crippen molar-refractivity contribution in [2.75, 3.05) is 20.8 Å². The quantitative estimate of drug-likeness (QED) is 0.766. The molecule has 1 saturated heterocycles. The molecule has 1 aliphatic heterocycles. The highest BCUT2D eigenvalue weighted by molar-refractivity contribution is 5.98. The number of likely N-dealkylation sites (tertiary alicyclic amines) is 1. The van der Waals surface area contributed by atoms with Gasteiger partial charge in [0.2, 0.25) is 0 Å². The summed E-state index contributed by atoms with van der Waals surface area (Å²) in [6, 6.07) is 3.86. The van der Waals surface area contributed by atoms with Crippen LogP contribution >= 0.6 is 0 Å². The zero-order valence-electron chi connectivity index (χ0n) is 16.1. The fourth-order valence-corrected chi connectivity index (χ4v) is 4.26. The topological polar surface area (TPSA) is 105 Å². The van der Waals surface area contributed by atoms with Gasteiger partial charge in [-0.15, -0.1) is 0 Å². The minimum Gasteiger partial charge on any atom is -0.493 e. The van der Waals surface area contributed by atoms with Crippen LogP contribution in [0.4, 0.5) is 0 Å². The third-order valence-corrected chi connectivity index (χ3v) is 5.66. The van der Waals surface area contributed by atoms with E-state index in [2.05, 4.69) is 5.32 Å². The standard InChI is InChI=1S/C20H26N2O6/c1-21-18(23)11-28-16-8-7-13(10-17(16)27-2)19(24)22-14-6-4-3-5-12(14)9-15(22)20(25)26/h7-8,10,12,14-15H,3-6,9,11H2,1-2H3,(H,21,23)(H,25,26). The molecular formula is C20H26N2O6. The van der Waals surface area contributed by atoms with Gasteiger partial charge in [0.15, 0.2) is 18.1 Å². The largest absolute Gasteiger partial charge is 0.493 e. The molecule has 3 rings (SSSR count). The number of carbonyl (C=O) groups is 3. The lowest BCUT2D eigenvalue weighted by Crippen LogP contribution is -2.46. The smallest absolute Gasteiger partial charge is 0.326 e. The maximum absolute atomic E-state index is 13.2. The summed E-state index contributed by atoms with van der Waals surface area (Å²) in [5, 5.41) is 12.1. The summed E-state index contributed by atoms with van der Waals surface area (Å²) in [4.78, 5) is 37.9. The Morgan fingerprint density at radius 2 is 1.96 bits per heavy atom. The van der Waals surface area contributed by atoms with Crippen molar-refractivity contribution in [1.82, 2.24) is 10.2 Å².